The number of nitrogens with zero attached hydrogens (tertiary/aromatic N) is 1. The molecule has 2 amide bonds. The van der Waals surface area contributed by atoms with Gasteiger partial charge in [0.25, 0.3) is 0 Å². The first-order valence-electron chi connectivity index (χ1n) is 6.34. The second-order valence-corrected chi connectivity index (χ2v) is 5.33. The van der Waals surface area contributed by atoms with Crippen molar-refractivity contribution < 1.29 is 9.59 Å². The normalized spacial score (nSPS) is 28.1. The Labute approximate surface area is 102 Å². The Morgan fingerprint density at radius 2 is 2.12 bits per heavy atom. The molecule has 17 heavy (non-hydrogen) atoms. The molecule has 3 atom stereocenters. The molecule has 5 nitrogen and oxygen atoms in total. The van der Waals surface area contributed by atoms with E-state index in [1.54, 1.807) is 0 Å². The molecular formula is C12H21N3O2. The van der Waals surface area contributed by atoms with Crippen molar-refractivity contribution >= 4 is 11.8 Å². The van der Waals surface area contributed by atoms with E-state index in [-0.39, 0.29) is 29.8 Å². The van der Waals surface area contributed by atoms with Crippen LogP contribution in [0.2, 0.25) is 0 Å². The molecule has 2 rings (SSSR count). The van der Waals surface area contributed by atoms with Crippen molar-refractivity contribution in [2.24, 2.45) is 11.7 Å². The van der Waals surface area contributed by atoms with E-state index in [4.69, 9.17) is 5.73 Å². The average molecular weight is 239 g/mol. The molecule has 0 spiro atoms. The molecule has 0 radical (unpaired) electrons. The Hall–Kier alpha value is -1.10. The van der Waals surface area contributed by atoms with Crippen LogP contribution in [-0.2, 0) is 9.59 Å². The maximum Gasteiger partial charge on any atom is 0.225 e. The number of carbonyl (C=O) groups is 2. The molecule has 2 aliphatic rings. The van der Waals surface area contributed by atoms with Crippen LogP contribution in [0.15, 0.2) is 0 Å². The van der Waals surface area contributed by atoms with Crippen LogP contribution in [0.3, 0.4) is 0 Å². The van der Waals surface area contributed by atoms with Gasteiger partial charge in [0.15, 0.2) is 0 Å². The highest BCUT2D eigenvalue weighted by molar-refractivity contribution is 5.83. The van der Waals surface area contributed by atoms with Crippen molar-refractivity contribution in [3.05, 3.63) is 0 Å². The Balaban J connectivity index is 1.84. The first-order valence-corrected chi connectivity index (χ1v) is 6.34. The number of carbonyl (C=O) groups excluding carboxylic acids is 2. The van der Waals surface area contributed by atoms with E-state index in [1.165, 1.54) is 0 Å². The van der Waals surface area contributed by atoms with Crippen molar-refractivity contribution in [3.8, 4) is 0 Å². The van der Waals surface area contributed by atoms with Crippen molar-refractivity contribution in [2.75, 3.05) is 6.54 Å². The lowest BCUT2D eigenvalue weighted by molar-refractivity contribution is -0.128. The van der Waals surface area contributed by atoms with Crippen LogP contribution >= 0.6 is 0 Å². The van der Waals surface area contributed by atoms with Gasteiger partial charge in [-0.2, -0.15) is 0 Å². The maximum atomic E-state index is 11.8. The van der Waals surface area contributed by atoms with Gasteiger partial charge in [0.1, 0.15) is 0 Å². The van der Waals surface area contributed by atoms with Gasteiger partial charge in [0.2, 0.25) is 11.8 Å². The van der Waals surface area contributed by atoms with Gasteiger partial charge in [0.05, 0.1) is 6.04 Å². The molecule has 1 aliphatic heterocycles. The Morgan fingerprint density at radius 1 is 1.47 bits per heavy atom. The van der Waals surface area contributed by atoms with Crippen molar-refractivity contribution in [2.45, 2.75) is 51.2 Å². The summed E-state index contributed by atoms with van der Waals surface area (Å²) in [5.41, 5.74) is 5.69. The topological polar surface area (TPSA) is 75.4 Å². The minimum Gasteiger partial charge on any atom is -0.351 e. The Bertz CT molecular complexity index is 326. The smallest absolute Gasteiger partial charge is 0.225 e. The summed E-state index contributed by atoms with van der Waals surface area (Å²) in [6.07, 6.45) is 2.67. The van der Waals surface area contributed by atoms with E-state index in [2.05, 4.69) is 5.32 Å². The van der Waals surface area contributed by atoms with E-state index in [9.17, 15) is 9.59 Å². The first kappa shape index (κ1) is 12.4. The van der Waals surface area contributed by atoms with Gasteiger partial charge in [-0.15, -0.1) is 0 Å². The fourth-order valence-electron chi connectivity index (χ4n) is 2.14. The standard InChI is InChI=1S/C12H21N3O2/c1-7(8(2)13)12(17)14-9-5-11(16)15(6-9)10-3-4-10/h7-10H,3-6,13H2,1-2H3,(H,14,17). The van der Waals surface area contributed by atoms with Gasteiger partial charge in [-0.05, 0) is 19.8 Å². The lowest BCUT2D eigenvalue weighted by atomic mass is 10.0. The van der Waals surface area contributed by atoms with Crippen LogP contribution in [-0.4, -0.2) is 41.4 Å². The van der Waals surface area contributed by atoms with Crippen molar-refractivity contribution in [1.82, 2.24) is 10.2 Å². The van der Waals surface area contributed by atoms with E-state index >= 15 is 0 Å². The quantitative estimate of drug-likeness (QED) is 0.716. The molecule has 1 aliphatic carbocycles. The molecule has 1 heterocycles. The third kappa shape index (κ3) is 2.77. The molecule has 0 aromatic heterocycles. The molecule has 0 bridgehead atoms. The number of hydrogen-bond donors (Lipinski definition) is 2. The number of nitrogens with two attached hydrogens (primary N) is 1. The third-order valence-electron chi connectivity index (χ3n) is 3.69. The Kier molecular flexibility index (Phi) is 3.38. The Morgan fingerprint density at radius 3 is 2.65 bits per heavy atom. The van der Waals surface area contributed by atoms with E-state index in [0.717, 1.165) is 12.8 Å². The van der Waals surface area contributed by atoms with Crippen LogP contribution in [0, 0.1) is 5.92 Å². The molecule has 2 fully saturated rings. The van der Waals surface area contributed by atoms with E-state index in [1.807, 2.05) is 18.7 Å². The largest absolute Gasteiger partial charge is 0.351 e. The summed E-state index contributed by atoms with van der Waals surface area (Å²) in [7, 11) is 0. The zero-order valence-electron chi connectivity index (χ0n) is 10.5. The van der Waals surface area contributed by atoms with Crippen LogP contribution in [0.4, 0.5) is 0 Å². The van der Waals surface area contributed by atoms with Gasteiger partial charge in [-0.1, -0.05) is 6.92 Å². The zero-order chi connectivity index (χ0) is 12.6. The minimum atomic E-state index is -0.208. The van der Waals surface area contributed by atoms with Crippen LogP contribution < -0.4 is 11.1 Å². The fourth-order valence-corrected chi connectivity index (χ4v) is 2.14. The molecule has 1 saturated carbocycles. The summed E-state index contributed by atoms with van der Waals surface area (Å²) in [6, 6.07) is 0.249. The predicted molar refractivity (Wildman–Crippen MR) is 64.1 cm³/mol. The average Bonchev–Trinajstić information content (AvgIpc) is 3.03. The SMILES string of the molecule is CC(N)C(C)C(=O)NC1CC(=O)N(C2CC2)C1. The van der Waals surface area contributed by atoms with E-state index < -0.39 is 0 Å². The molecule has 0 aromatic carbocycles. The second kappa shape index (κ2) is 4.64. The van der Waals surface area contributed by atoms with Crippen LogP contribution in [0.25, 0.3) is 0 Å². The maximum absolute atomic E-state index is 11.8. The van der Waals surface area contributed by atoms with Gasteiger partial charge in [-0.25, -0.2) is 0 Å². The summed E-state index contributed by atoms with van der Waals surface area (Å²) in [4.78, 5) is 25.4. The lowest BCUT2D eigenvalue weighted by Gasteiger charge is -2.19. The highest BCUT2D eigenvalue weighted by atomic mass is 16.2. The summed E-state index contributed by atoms with van der Waals surface area (Å²) in [5, 5.41) is 2.92. The third-order valence-corrected chi connectivity index (χ3v) is 3.69. The highest BCUT2D eigenvalue weighted by Gasteiger charge is 2.40. The van der Waals surface area contributed by atoms with Crippen LogP contribution in [0.5, 0.6) is 0 Å². The summed E-state index contributed by atoms with van der Waals surface area (Å²) >= 11 is 0. The first-order chi connectivity index (χ1) is 7.99. The number of rotatable bonds is 4. The van der Waals surface area contributed by atoms with Gasteiger partial charge < -0.3 is 16.0 Å². The number of amides is 2. The molecule has 5 heteroatoms. The minimum absolute atomic E-state index is 0.0307. The molecule has 96 valence electrons. The molecule has 0 aromatic rings. The van der Waals surface area contributed by atoms with Crippen molar-refractivity contribution in [1.29, 1.82) is 0 Å². The van der Waals surface area contributed by atoms with Gasteiger partial charge in [-0.3, -0.25) is 9.59 Å². The zero-order valence-corrected chi connectivity index (χ0v) is 10.5. The predicted octanol–water partition coefficient (Wildman–Crippen LogP) is -0.151. The number of nitrogens with one attached hydrogen (secondary N) is 1. The molecule has 3 N–H and O–H groups in total. The van der Waals surface area contributed by atoms with Gasteiger partial charge in [0, 0.05) is 31.0 Å². The fraction of sp³-hybridized carbons (Fsp3) is 0.833. The second-order valence-electron chi connectivity index (χ2n) is 5.33. The lowest BCUT2D eigenvalue weighted by Crippen LogP contribution is -2.44. The monoisotopic (exact) mass is 239 g/mol. The summed E-state index contributed by atoms with van der Waals surface area (Å²) < 4.78 is 0. The molecule has 3 unspecified atom stereocenters. The summed E-state index contributed by atoms with van der Waals surface area (Å²) in [5.74, 6) is -0.0817. The van der Waals surface area contributed by atoms with Crippen LogP contribution in [0.1, 0.15) is 33.1 Å². The summed E-state index contributed by atoms with van der Waals surface area (Å²) in [6.45, 7) is 4.30. The van der Waals surface area contributed by atoms with E-state index in [0.29, 0.717) is 19.0 Å². The van der Waals surface area contributed by atoms with Crippen molar-refractivity contribution in [3.63, 3.8) is 0 Å². The molecular weight excluding hydrogens is 218 g/mol. The molecule has 1 saturated heterocycles. The number of likely N-dealkylation sites (tertiary alicyclic amines) is 1. The highest BCUT2D eigenvalue weighted by Crippen LogP contribution is 2.30. The number of hydrogen-bond acceptors (Lipinski definition) is 3. The van der Waals surface area contributed by atoms with Gasteiger partial charge >= 0.3 is 0 Å².